The van der Waals surface area contributed by atoms with E-state index in [4.69, 9.17) is 10.5 Å². The highest BCUT2D eigenvalue weighted by Gasteiger charge is 2.34. The lowest BCUT2D eigenvalue weighted by Crippen LogP contribution is -2.49. The Morgan fingerprint density at radius 1 is 1.11 bits per heavy atom. The van der Waals surface area contributed by atoms with Gasteiger partial charge in [0.15, 0.2) is 6.10 Å². The summed E-state index contributed by atoms with van der Waals surface area (Å²) in [6.45, 7) is 4.10. The second kappa shape index (κ2) is 6.59. The Kier molecular flexibility index (Phi) is 4.24. The third kappa shape index (κ3) is 2.90. The molecule has 1 unspecified atom stereocenters. The lowest BCUT2D eigenvalue weighted by molar-refractivity contribution is -0.124. The van der Waals surface area contributed by atoms with Crippen LogP contribution in [0.5, 0.6) is 5.75 Å². The second-order valence-corrected chi connectivity index (χ2v) is 7.38. The van der Waals surface area contributed by atoms with E-state index < -0.39 is 12.0 Å². The van der Waals surface area contributed by atoms with Crippen molar-refractivity contribution in [2.75, 3.05) is 11.4 Å². The normalized spacial score (nSPS) is 15.9. The Balaban J connectivity index is 1.78. The molecule has 3 aromatic rings. The molecule has 2 aromatic heterocycles. The van der Waals surface area contributed by atoms with E-state index in [-0.39, 0.29) is 12.5 Å². The van der Waals surface area contributed by atoms with Crippen LogP contribution in [0.4, 0.5) is 5.69 Å². The maximum atomic E-state index is 13.4. The maximum Gasteiger partial charge on any atom is 0.261 e. The molecule has 0 spiro atoms. The number of para-hydroxylation sites is 2. The van der Waals surface area contributed by atoms with Crippen LogP contribution in [0.15, 0.2) is 47.8 Å². The molecule has 2 N–H and O–H groups in total. The molecule has 1 aromatic carbocycles. The van der Waals surface area contributed by atoms with Gasteiger partial charge in [0.2, 0.25) is 0 Å². The van der Waals surface area contributed by atoms with E-state index in [0.29, 0.717) is 17.0 Å². The van der Waals surface area contributed by atoms with Crippen molar-refractivity contribution in [1.29, 1.82) is 0 Å². The molecule has 7 heteroatoms. The number of fused-ring (bicyclic) bond motifs is 1. The van der Waals surface area contributed by atoms with E-state index in [2.05, 4.69) is 4.57 Å². The smallest absolute Gasteiger partial charge is 0.261 e. The average Bonchev–Trinajstić information content (AvgIpc) is 3.26. The predicted octanol–water partition coefficient (Wildman–Crippen LogP) is 3.05. The summed E-state index contributed by atoms with van der Waals surface area (Å²) in [5.74, 6) is -0.295. The van der Waals surface area contributed by atoms with Gasteiger partial charge in [0.05, 0.1) is 17.8 Å². The fourth-order valence-electron chi connectivity index (χ4n) is 3.35. The summed E-state index contributed by atoms with van der Waals surface area (Å²) in [5, 5.41) is 2.76. The number of nitrogens with zero attached hydrogens (tertiary/aromatic N) is 2. The molecule has 2 amide bonds. The van der Waals surface area contributed by atoms with Crippen molar-refractivity contribution in [3.05, 3.63) is 64.8 Å². The summed E-state index contributed by atoms with van der Waals surface area (Å²) in [4.78, 5) is 26.7. The zero-order valence-electron chi connectivity index (χ0n) is 15.0. The Labute approximate surface area is 160 Å². The Morgan fingerprint density at radius 3 is 2.52 bits per heavy atom. The Morgan fingerprint density at radius 2 is 1.81 bits per heavy atom. The first-order valence-corrected chi connectivity index (χ1v) is 9.45. The van der Waals surface area contributed by atoms with Crippen molar-refractivity contribution >= 4 is 28.8 Å². The molecule has 27 heavy (non-hydrogen) atoms. The van der Waals surface area contributed by atoms with E-state index in [1.807, 2.05) is 49.6 Å². The molecule has 0 radical (unpaired) electrons. The van der Waals surface area contributed by atoms with Crippen molar-refractivity contribution in [2.24, 2.45) is 5.73 Å². The van der Waals surface area contributed by atoms with Gasteiger partial charge in [-0.1, -0.05) is 12.1 Å². The Hall–Kier alpha value is -3.06. The third-order valence-electron chi connectivity index (χ3n) is 4.69. The molecule has 4 rings (SSSR count). The first-order valence-electron chi connectivity index (χ1n) is 8.57. The third-order valence-corrected chi connectivity index (χ3v) is 5.58. The summed E-state index contributed by atoms with van der Waals surface area (Å²) in [6, 6.07) is 13.0. The molecule has 0 saturated heterocycles. The highest BCUT2D eigenvalue weighted by atomic mass is 32.1. The fraction of sp³-hybridized carbons (Fsp3) is 0.200. The average molecular weight is 381 g/mol. The number of thiophene rings is 1. The number of aromatic nitrogens is 1. The van der Waals surface area contributed by atoms with E-state index in [0.717, 1.165) is 16.4 Å². The first-order chi connectivity index (χ1) is 13.0. The summed E-state index contributed by atoms with van der Waals surface area (Å²) < 4.78 is 7.73. The van der Waals surface area contributed by atoms with Gasteiger partial charge in [-0.05, 0) is 49.6 Å². The highest BCUT2D eigenvalue weighted by molar-refractivity contribution is 7.13. The van der Waals surface area contributed by atoms with E-state index in [9.17, 15) is 9.59 Å². The summed E-state index contributed by atoms with van der Waals surface area (Å²) in [6.07, 6.45) is -0.874. The molecular weight excluding hydrogens is 362 g/mol. The molecule has 0 aliphatic carbocycles. The van der Waals surface area contributed by atoms with Crippen molar-refractivity contribution in [3.63, 3.8) is 0 Å². The van der Waals surface area contributed by atoms with Gasteiger partial charge in [-0.3, -0.25) is 9.59 Å². The predicted molar refractivity (Wildman–Crippen MR) is 105 cm³/mol. The van der Waals surface area contributed by atoms with Crippen LogP contribution in [-0.2, 0) is 4.79 Å². The number of carbonyl (C=O) groups is 2. The Bertz CT molecular complexity index is 1020. The standard InChI is InChI=1S/C20H19N3O3S/c1-12-7-8-13(2)23(12)20-14(9-10-27-20)19(25)22-11-17(18(21)24)26-16-6-4-3-5-15(16)22/h3-10,17H,11H2,1-2H3,(H2,21,24). The van der Waals surface area contributed by atoms with E-state index >= 15 is 0 Å². The number of primary amides is 1. The lowest BCUT2D eigenvalue weighted by atomic mass is 10.1. The van der Waals surface area contributed by atoms with Gasteiger partial charge in [0, 0.05) is 11.4 Å². The zero-order chi connectivity index (χ0) is 19.1. The van der Waals surface area contributed by atoms with Gasteiger partial charge in [0.1, 0.15) is 10.8 Å². The monoisotopic (exact) mass is 381 g/mol. The molecule has 0 saturated carbocycles. The van der Waals surface area contributed by atoms with Crippen LogP contribution < -0.4 is 15.4 Å². The second-order valence-electron chi connectivity index (χ2n) is 6.48. The summed E-state index contributed by atoms with van der Waals surface area (Å²) >= 11 is 1.51. The molecule has 1 aliphatic rings. The fourth-order valence-corrected chi connectivity index (χ4v) is 4.35. The SMILES string of the molecule is Cc1ccc(C)n1-c1sccc1C(=O)N1CC(C(N)=O)Oc2ccccc21. The topological polar surface area (TPSA) is 77.6 Å². The zero-order valence-corrected chi connectivity index (χ0v) is 15.8. The van der Waals surface area contributed by atoms with Gasteiger partial charge in [-0.2, -0.15) is 0 Å². The summed E-state index contributed by atoms with van der Waals surface area (Å²) in [7, 11) is 0. The van der Waals surface area contributed by atoms with Crippen LogP contribution in [0, 0.1) is 13.8 Å². The number of rotatable bonds is 3. The molecule has 1 atom stereocenters. The number of carbonyl (C=O) groups excluding carboxylic acids is 2. The number of ether oxygens (including phenoxy) is 1. The largest absolute Gasteiger partial charge is 0.477 e. The molecule has 3 heterocycles. The minimum Gasteiger partial charge on any atom is -0.477 e. The van der Waals surface area contributed by atoms with Gasteiger partial charge in [-0.15, -0.1) is 11.3 Å². The van der Waals surface area contributed by atoms with Crippen LogP contribution in [0.25, 0.3) is 5.00 Å². The number of anilines is 1. The van der Waals surface area contributed by atoms with Gasteiger partial charge < -0.3 is 19.9 Å². The maximum absolute atomic E-state index is 13.4. The lowest BCUT2D eigenvalue weighted by Gasteiger charge is -2.33. The number of aryl methyl sites for hydroxylation is 2. The van der Waals surface area contributed by atoms with Crippen LogP contribution >= 0.6 is 11.3 Å². The molecule has 1 aliphatic heterocycles. The molecule has 6 nitrogen and oxygen atoms in total. The number of nitrogens with two attached hydrogens (primary N) is 1. The van der Waals surface area contributed by atoms with Crippen LogP contribution in [0.3, 0.4) is 0 Å². The van der Waals surface area contributed by atoms with Crippen molar-refractivity contribution in [2.45, 2.75) is 20.0 Å². The van der Waals surface area contributed by atoms with Crippen LogP contribution in [0.1, 0.15) is 21.7 Å². The van der Waals surface area contributed by atoms with Crippen molar-refractivity contribution in [1.82, 2.24) is 4.57 Å². The van der Waals surface area contributed by atoms with E-state index in [1.165, 1.54) is 11.3 Å². The van der Waals surface area contributed by atoms with Gasteiger partial charge in [-0.25, -0.2) is 0 Å². The minimum atomic E-state index is -0.874. The number of benzene rings is 1. The summed E-state index contributed by atoms with van der Waals surface area (Å²) in [5.41, 5.74) is 8.78. The quantitative estimate of drug-likeness (QED) is 0.757. The first kappa shape index (κ1) is 17.4. The minimum absolute atomic E-state index is 0.0874. The number of amides is 2. The van der Waals surface area contributed by atoms with Crippen LogP contribution in [-0.4, -0.2) is 29.0 Å². The molecule has 0 fully saturated rings. The van der Waals surface area contributed by atoms with Crippen molar-refractivity contribution in [3.8, 4) is 10.8 Å². The van der Waals surface area contributed by atoms with Crippen LogP contribution in [0.2, 0.25) is 0 Å². The molecular formula is C20H19N3O3S. The highest BCUT2D eigenvalue weighted by Crippen LogP contribution is 2.35. The molecule has 138 valence electrons. The van der Waals surface area contributed by atoms with E-state index in [1.54, 1.807) is 17.0 Å². The number of hydrogen-bond donors (Lipinski definition) is 1. The molecule has 0 bridgehead atoms. The van der Waals surface area contributed by atoms with Crippen molar-refractivity contribution < 1.29 is 14.3 Å². The van der Waals surface area contributed by atoms with Gasteiger partial charge in [0.25, 0.3) is 11.8 Å². The van der Waals surface area contributed by atoms with Gasteiger partial charge >= 0.3 is 0 Å². The number of hydrogen-bond acceptors (Lipinski definition) is 4.